The van der Waals surface area contributed by atoms with Gasteiger partial charge in [0, 0.05) is 6.54 Å². The fourth-order valence-corrected chi connectivity index (χ4v) is 2.91. The molecule has 1 aliphatic heterocycles. The zero-order chi connectivity index (χ0) is 18.1. The van der Waals surface area contributed by atoms with Crippen molar-refractivity contribution in [2.24, 2.45) is 0 Å². The van der Waals surface area contributed by atoms with Gasteiger partial charge in [-0.3, -0.25) is 10.1 Å². The minimum absolute atomic E-state index is 0.269. The van der Waals surface area contributed by atoms with Crippen LogP contribution < -0.4 is 5.32 Å². The molecule has 1 heterocycles. The third-order valence-corrected chi connectivity index (χ3v) is 4.29. The van der Waals surface area contributed by atoms with Gasteiger partial charge in [-0.1, -0.05) is 6.07 Å². The van der Waals surface area contributed by atoms with Crippen molar-refractivity contribution in [1.29, 1.82) is 0 Å². The van der Waals surface area contributed by atoms with Crippen LogP contribution in [-0.2, 0) is 4.79 Å². The number of aliphatic hydroxyl groups is 1. The van der Waals surface area contributed by atoms with Gasteiger partial charge in [0.1, 0.15) is 11.9 Å². The van der Waals surface area contributed by atoms with Gasteiger partial charge in [-0.05, 0) is 43.5 Å². The Labute approximate surface area is 137 Å². The number of likely N-dealkylation sites (tertiary alicyclic amines) is 1. The van der Waals surface area contributed by atoms with E-state index in [1.165, 1.54) is 24.0 Å². The van der Waals surface area contributed by atoms with E-state index in [1.54, 1.807) is 6.92 Å². The molecule has 1 fully saturated rings. The second kappa shape index (κ2) is 7.06. The van der Waals surface area contributed by atoms with E-state index in [0.717, 1.165) is 6.07 Å². The molecule has 2 rings (SSSR count). The van der Waals surface area contributed by atoms with E-state index < -0.39 is 42.6 Å². The lowest BCUT2D eigenvalue weighted by molar-refractivity contribution is -0.139. The molecule has 0 bridgehead atoms. The normalized spacial score (nSPS) is 22.7. The summed E-state index contributed by atoms with van der Waals surface area (Å²) in [6.45, 7) is 2.11. The number of benzene rings is 1. The van der Waals surface area contributed by atoms with E-state index in [4.69, 9.17) is 0 Å². The molecule has 1 aromatic carbocycles. The molecule has 134 valence electrons. The van der Waals surface area contributed by atoms with E-state index in [9.17, 15) is 27.5 Å². The first-order chi connectivity index (χ1) is 11.1. The number of amides is 1. The van der Waals surface area contributed by atoms with E-state index in [2.05, 4.69) is 5.32 Å². The molecule has 0 saturated carbocycles. The Morgan fingerprint density at radius 1 is 1.46 bits per heavy atom. The van der Waals surface area contributed by atoms with Crippen molar-refractivity contribution in [1.82, 2.24) is 10.2 Å². The Morgan fingerprint density at radius 2 is 2.12 bits per heavy atom. The second-order valence-electron chi connectivity index (χ2n) is 6.06. The quantitative estimate of drug-likeness (QED) is 0.821. The van der Waals surface area contributed by atoms with Gasteiger partial charge in [-0.2, -0.15) is 13.2 Å². The third kappa shape index (κ3) is 4.24. The summed E-state index contributed by atoms with van der Waals surface area (Å²) in [6, 6.07) is 1.87. The number of carbonyl (C=O) groups excluding carboxylic acids is 1. The van der Waals surface area contributed by atoms with E-state index in [0.29, 0.717) is 17.5 Å². The minimum atomic E-state index is -4.48. The number of hydrogen-bond acceptors (Lipinski definition) is 3. The molecule has 1 aromatic rings. The number of carbonyl (C=O) groups is 1. The molecule has 0 spiro atoms. The first kappa shape index (κ1) is 18.7. The highest BCUT2D eigenvalue weighted by Crippen LogP contribution is 2.27. The van der Waals surface area contributed by atoms with Crippen LogP contribution in [0.2, 0.25) is 0 Å². The number of aryl methyl sites for hydroxylation is 1. The Hall–Kier alpha value is -1.67. The molecule has 2 N–H and O–H groups in total. The molecule has 3 atom stereocenters. The molecular weight excluding hydrogens is 328 g/mol. The zero-order valence-electron chi connectivity index (χ0n) is 13.4. The molecule has 1 unspecified atom stereocenters. The molecule has 1 amide bonds. The molecule has 0 radical (unpaired) electrons. The Kier molecular flexibility index (Phi) is 5.49. The predicted octanol–water partition coefficient (Wildman–Crippen LogP) is 2.31. The SMILES string of the molecule is Cc1cc(F)ccc1C(NCC(F)(F)F)C(=O)N1CC[C@@H](O)[C@H]1C. The lowest BCUT2D eigenvalue weighted by Crippen LogP contribution is -2.46. The monoisotopic (exact) mass is 348 g/mol. The van der Waals surface area contributed by atoms with Gasteiger partial charge in [-0.25, -0.2) is 4.39 Å². The summed E-state index contributed by atoms with van der Waals surface area (Å²) >= 11 is 0. The fraction of sp³-hybridized carbons (Fsp3) is 0.562. The van der Waals surface area contributed by atoms with Crippen molar-refractivity contribution in [2.75, 3.05) is 13.1 Å². The average molecular weight is 348 g/mol. The maximum atomic E-state index is 13.3. The summed E-state index contributed by atoms with van der Waals surface area (Å²) in [7, 11) is 0. The molecule has 0 aromatic heterocycles. The maximum absolute atomic E-state index is 13.3. The number of nitrogens with one attached hydrogen (secondary N) is 1. The van der Waals surface area contributed by atoms with Crippen molar-refractivity contribution in [3.8, 4) is 0 Å². The van der Waals surface area contributed by atoms with Crippen LogP contribution in [0.1, 0.15) is 30.5 Å². The molecule has 8 heteroatoms. The number of halogens is 4. The fourth-order valence-electron chi connectivity index (χ4n) is 2.91. The van der Waals surface area contributed by atoms with Gasteiger partial charge in [-0.15, -0.1) is 0 Å². The van der Waals surface area contributed by atoms with Crippen LogP contribution in [0, 0.1) is 12.7 Å². The third-order valence-electron chi connectivity index (χ3n) is 4.29. The highest BCUT2D eigenvalue weighted by molar-refractivity contribution is 5.84. The number of hydrogen-bond donors (Lipinski definition) is 2. The van der Waals surface area contributed by atoms with Crippen LogP contribution in [0.15, 0.2) is 18.2 Å². The molecule has 1 aliphatic rings. The van der Waals surface area contributed by atoms with Crippen molar-refractivity contribution < 1.29 is 27.5 Å². The van der Waals surface area contributed by atoms with Crippen molar-refractivity contribution in [2.45, 2.75) is 44.6 Å². The molecule has 24 heavy (non-hydrogen) atoms. The van der Waals surface area contributed by atoms with Crippen LogP contribution in [0.25, 0.3) is 0 Å². The van der Waals surface area contributed by atoms with Crippen LogP contribution in [0.4, 0.5) is 17.6 Å². The van der Waals surface area contributed by atoms with E-state index >= 15 is 0 Å². The Morgan fingerprint density at radius 3 is 2.62 bits per heavy atom. The zero-order valence-corrected chi connectivity index (χ0v) is 13.4. The van der Waals surface area contributed by atoms with Gasteiger partial charge >= 0.3 is 6.18 Å². The minimum Gasteiger partial charge on any atom is -0.391 e. The lowest BCUT2D eigenvalue weighted by atomic mass is 9.99. The van der Waals surface area contributed by atoms with E-state index in [-0.39, 0.29) is 6.54 Å². The molecular formula is C16H20F4N2O2. The van der Waals surface area contributed by atoms with Crippen LogP contribution in [0.3, 0.4) is 0 Å². The summed E-state index contributed by atoms with van der Waals surface area (Å²) in [6.07, 6.45) is -4.81. The van der Waals surface area contributed by atoms with Crippen molar-refractivity contribution in [3.63, 3.8) is 0 Å². The van der Waals surface area contributed by atoms with Crippen molar-refractivity contribution in [3.05, 3.63) is 35.1 Å². The van der Waals surface area contributed by atoms with Crippen molar-refractivity contribution >= 4 is 5.91 Å². The van der Waals surface area contributed by atoms with Gasteiger partial charge < -0.3 is 10.0 Å². The van der Waals surface area contributed by atoms with Crippen LogP contribution in [-0.4, -0.2) is 47.3 Å². The molecule has 0 aliphatic carbocycles. The summed E-state index contributed by atoms with van der Waals surface area (Å²) in [5.74, 6) is -1.08. The molecule has 1 saturated heterocycles. The first-order valence-corrected chi connectivity index (χ1v) is 7.65. The number of aliphatic hydroxyl groups excluding tert-OH is 1. The summed E-state index contributed by atoms with van der Waals surface area (Å²) in [5, 5.41) is 12.0. The summed E-state index contributed by atoms with van der Waals surface area (Å²) < 4.78 is 51.0. The summed E-state index contributed by atoms with van der Waals surface area (Å²) in [5.41, 5.74) is 0.676. The highest BCUT2D eigenvalue weighted by Gasteiger charge is 2.38. The first-order valence-electron chi connectivity index (χ1n) is 7.65. The van der Waals surface area contributed by atoms with Crippen LogP contribution >= 0.6 is 0 Å². The van der Waals surface area contributed by atoms with Gasteiger partial charge in [0.2, 0.25) is 5.91 Å². The Balaban J connectivity index is 2.30. The van der Waals surface area contributed by atoms with Gasteiger partial charge in [0.15, 0.2) is 0 Å². The topological polar surface area (TPSA) is 52.6 Å². The number of nitrogens with zero attached hydrogens (tertiary/aromatic N) is 1. The Bertz CT molecular complexity index is 606. The van der Waals surface area contributed by atoms with E-state index in [1.807, 2.05) is 0 Å². The van der Waals surface area contributed by atoms with Crippen LogP contribution in [0.5, 0.6) is 0 Å². The smallest absolute Gasteiger partial charge is 0.391 e. The predicted molar refractivity (Wildman–Crippen MR) is 79.7 cm³/mol. The average Bonchev–Trinajstić information content (AvgIpc) is 2.79. The second-order valence-corrected chi connectivity index (χ2v) is 6.06. The highest BCUT2D eigenvalue weighted by atomic mass is 19.4. The van der Waals surface area contributed by atoms with Gasteiger partial charge in [0.05, 0.1) is 18.7 Å². The number of rotatable bonds is 4. The standard InChI is InChI=1S/C16H20F4N2O2/c1-9-7-11(17)3-4-12(9)14(21-8-16(18,19)20)15(24)22-6-5-13(23)10(22)2/h3-4,7,10,13-14,21,23H,5-6,8H2,1-2H3/t10-,13-,14?/m1/s1. The molecule has 4 nitrogen and oxygen atoms in total. The lowest BCUT2D eigenvalue weighted by Gasteiger charge is -2.29. The largest absolute Gasteiger partial charge is 0.401 e. The number of alkyl halides is 3. The summed E-state index contributed by atoms with van der Waals surface area (Å²) in [4.78, 5) is 14.1. The maximum Gasteiger partial charge on any atom is 0.401 e. The van der Waals surface area contributed by atoms with Gasteiger partial charge in [0.25, 0.3) is 0 Å².